The zero-order valence-corrected chi connectivity index (χ0v) is 17.5. The molecule has 0 aliphatic heterocycles. The van der Waals surface area contributed by atoms with E-state index in [2.05, 4.69) is 5.32 Å². The molecule has 6 nitrogen and oxygen atoms in total. The lowest BCUT2D eigenvalue weighted by atomic mass is 10.0. The van der Waals surface area contributed by atoms with Crippen molar-refractivity contribution in [3.63, 3.8) is 0 Å². The molecule has 1 N–H and O–H groups in total. The van der Waals surface area contributed by atoms with Crippen LogP contribution in [0.5, 0.6) is 5.75 Å². The molecule has 0 aliphatic rings. The molecule has 3 aromatic carbocycles. The van der Waals surface area contributed by atoms with Crippen molar-refractivity contribution in [3.05, 3.63) is 78.1 Å². The number of benzene rings is 3. The van der Waals surface area contributed by atoms with Crippen LogP contribution in [0.1, 0.15) is 10.4 Å². The monoisotopic (exact) mass is 428 g/mol. The van der Waals surface area contributed by atoms with Crippen LogP contribution in [-0.2, 0) is 10.0 Å². The van der Waals surface area contributed by atoms with Gasteiger partial charge < -0.3 is 10.1 Å². The summed E-state index contributed by atoms with van der Waals surface area (Å²) < 4.78 is 45.2. The summed E-state index contributed by atoms with van der Waals surface area (Å²) in [4.78, 5) is 12.9. The van der Waals surface area contributed by atoms with Gasteiger partial charge in [-0.25, -0.2) is 12.8 Å². The smallest absolute Gasteiger partial charge is 0.259 e. The van der Waals surface area contributed by atoms with Crippen molar-refractivity contribution < 1.29 is 22.3 Å². The fourth-order valence-corrected chi connectivity index (χ4v) is 3.47. The van der Waals surface area contributed by atoms with Gasteiger partial charge in [0.2, 0.25) is 10.0 Å². The van der Waals surface area contributed by atoms with Crippen molar-refractivity contribution in [2.75, 3.05) is 30.0 Å². The SMILES string of the molecule is COc1ccccc1C(=O)Nc1cc(-c2ccccc2)c(F)cc1N(C)S(C)(=O)=O. The highest BCUT2D eigenvalue weighted by atomic mass is 32.2. The molecular formula is C22H21FN2O4S. The minimum atomic E-state index is -3.70. The van der Waals surface area contributed by atoms with Crippen molar-refractivity contribution in [2.45, 2.75) is 0 Å². The highest BCUT2D eigenvalue weighted by Gasteiger charge is 2.22. The van der Waals surface area contributed by atoms with Crippen LogP contribution in [0.25, 0.3) is 11.1 Å². The van der Waals surface area contributed by atoms with Gasteiger partial charge in [0, 0.05) is 18.7 Å². The molecule has 8 heteroatoms. The van der Waals surface area contributed by atoms with E-state index in [-0.39, 0.29) is 22.5 Å². The quantitative estimate of drug-likeness (QED) is 0.640. The number of sulfonamides is 1. The zero-order valence-electron chi connectivity index (χ0n) is 16.7. The minimum absolute atomic E-state index is 0.0120. The maximum absolute atomic E-state index is 14.9. The van der Waals surface area contributed by atoms with Crippen LogP contribution in [-0.4, -0.2) is 34.7 Å². The van der Waals surface area contributed by atoms with Gasteiger partial charge in [0.05, 0.1) is 30.3 Å². The number of halogens is 1. The van der Waals surface area contributed by atoms with Gasteiger partial charge in [-0.2, -0.15) is 0 Å². The minimum Gasteiger partial charge on any atom is -0.496 e. The number of nitrogens with zero attached hydrogens (tertiary/aromatic N) is 1. The Morgan fingerprint density at radius 3 is 2.30 bits per heavy atom. The molecule has 30 heavy (non-hydrogen) atoms. The van der Waals surface area contributed by atoms with Crippen LogP contribution in [0.15, 0.2) is 66.7 Å². The lowest BCUT2D eigenvalue weighted by Crippen LogP contribution is -2.27. The van der Waals surface area contributed by atoms with E-state index >= 15 is 0 Å². The van der Waals surface area contributed by atoms with Crippen molar-refractivity contribution in [1.82, 2.24) is 0 Å². The number of amides is 1. The third kappa shape index (κ3) is 4.44. The van der Waals surface area contributed by atoms with Crippen molar-refractivity contribution >= 4 is 27.3 Å². The molecule has 0 saturated heterocycles. The van der Waals surface area contributed by atoms with E-state index in [0.29, 0.717) is 11.3 Å². The van der Waals surface area contributed by atoms with Gasteiger partial charge in [0.1, 0.15) is 11.6 Å². The number of carbonyl (C=O) groups excluding carboxylic acids is 1. The highest BCUT2D eigenvalue weighted by Crippen LogP contribution is 2.35. The summed E-state index contributed by atoms with van der Waals surface area (Å²) >= 11 is 0. The second-order valence-electron chi connectivity index (χ2n) is 6.60. The van der Waals surface area contributed by atoms with Crippen LogP contribution >= 0.6 is 0 Å². The summed E-state index contributed by atoms with van der Waals surface area (Å²) in [6.45, 7) is 0. The Morgan fingerprint density at radius 2 is 1.67 bits per heavy atom. The number of carbonyl (C=O) groups is 1. The van der Waals surface area contributed by atoms with Gasteiger partial charge in [0.15, 0.2) is 0 Å². The average Bonchev–Trinajstić information content (AvgIpc) is 2.74. The molecule has 1 amide bonds. The van der Waals surface area contributed by atoms with E-state index in [4.69, 9.17) is 4.74 Å². The van der Waals surface area contributed by atoms with E-state index in [0.717, 1.165) is 16.6 Å². The van der Waals surface area contributed by atoms with Gasteiger partial charge in [0.25, 0.3) is 5.91 Å². The summed E-state index contributed by atoms with van der Waals surface area (Å²) in [6, 6.07) is 17.9. The second kappa shape index (κ2) is 8.54. The van der Waals surface area contributed by atoms with E-state index < -0.39 is 21.7 Å². The Labute approximate surface area is 175 Å². The molecule has 0 spiro atoms. The third-order valence-electron chi connectivity index (χ3n) is 4.61. The maximum atomic E-state index is 14.9. The fraction of sp³-hybridized carbons (Fsp3) is 0.136. The van der Waals surface area contributed by atoms with Crippen molar-refractivity contribution in [1.29, 1.82) is 0 Å². The summed E-state index contributed by atoms with van der Waals surface area (Å²) in [5, 5.41) is 2.70. The molecular weight excluding hydrogens is 407 g/mol. The first kappa shape index (κ1) is 21.3. The Morgan fingerprint density at radius 1 is 1.03 bits per heavy atom. The van der Waals surface area contributed by atoms with Crippen LogP contribution in [0.3, 0.4) is 0 Å². The largest absolute Gasteiger partial charge is 0.496 e. The van der Waals surface area contributed by atoms with Crippen LogP contribution in [0, 0.1) is 5.82 Å². The predicted molar refractivity (Wildman–Crippen MR) is 116 cm³/mol. The number of rotatable bonds is 6. The molecule has 156 valence electrons. The Bertz CT molecular complexity index is 1180. The van der Waals surface area contributed by atoms with Gasteiger partial charge in [-0.05, 0) is 23.8 Å². The van der Waals surface area contributed by atoms with Gasteiger partial charge in [-0.3, -0.25) is 9.10 Å². The first-order chi connectivity index (χ1) is 14.2. The predicted octanol–water partition coefficient (Wildman–Crippen LogP) is 4.15. The fourth-order valence-electron chi connectivity index (χ4n) is 2.96. The van der Waals surface area contributed by atoms with Gasteiger partial charge in [-0.15, -0.1) is 0 Å². The molecule has 0 fully saturated rings. The molecule has 3 aromatic rings. The average molecular weight is 428 g/mol. The number of methoxy groups -OCH3 is 1. The highest BCUT2D eigenvalue weighted by molar-refractivity contribution is 7.92. The van der Waals surface area contributed by atoms with Gasteiger partial charge in [-0.1, -0.05) is 42.5 Å². The van der Waals surface area contributed by atoms with Crippen LogP contribution < -0.4 is 14.4 Å². The number of hydrogen-bond acceptors (Lipinski definition) is 4. The summed E-state index contributed by atoms with van der Waals surface area (Å²) in [5.41, 5.74) is 1.25. The number of ether oxygens (including phenoxy) is 1. The standard InChI is InChI=1S/C22H21FN2O4S/c1-25(30(3,27)28)20-14-18(23)17(15-9-5-4-6-10-15)13-19(20)24-22(26)16-11-7-8-12-21(16)29-2/h4-14H,1-3H3,(H,24,26). The molecule has 3 rings (SSSR count). The number of anilines is 2. The molecule has 0 aliphatic carbocycles. The molecule has 0 radical (unpaired) electrons. The number of nitrogens with one attached hydrogen (secondary N) is 1. The third-order valence-corrected chi connectivity index (χ3v) is 5.80. The molecule has 0 atom stereocenters. The first-order valence-corrected chi connectivity index (χ1v) is 10.8. The van der Waals surface area contributed by atoms with Crippen LogP contribution in [0.4, 0.5) is 15.8 Å². The first-order valence-electron chi connectivity index (χ1n) is 8.99. The number of para-hydroxylation sites is 1. The van der Waals surface area contributed by atoms with E-state index in [9.17, 15) is 17.6 Å². The second-order valence-corrected chi connectivity index (χ2v) is 8.61. The summed E-state index contributed by atoms with van der Waals surface area (Å²) in [5.74, 6) is -0.762. The Hall–Kier alpha value is -3.39. The maximum Gasteiger partial charge on any atom is 0.259 e. The topological polar surface area (TPSA) is 75.7 Å². The molecule has 0 heterocycles. The molecule has 0 aromatic heterocycles. The van der Waals surface area contributed by atoms with Crippen LogP contribution in [0.2, 0.25) is 0 Å². The summed E-state index contributed by atoms with van der Waals surface area (Å²) in [7, 11) is -0.954. The van der Waals surface area contributed by atoms with Crippen molar-refractivity contribution in [3.8, 4) is 16.9 Å². The normalized spacial score (nSPS) is 11.1. The number of hydrogen-bond donors (Lipinski definition) is 1. The van der Waals surface area contributed by atoms with Gasteiger partial charge >= 0.3 is 0 Å². The Kier molecular flexibility index (Phi) is 6.07. The molecule has 0 unspecified atom stereocenters. The van der Waals surface area contributed by atoms with Crippen molar-refractivity contribution in [2.24, 2.45) is 0 Å². The molecule has 0 saturated carbocycles. The van der Waals surface area contributed by atoms with E-state index in [1.165, 1.54) is 20.2 Å². The lowest BCUT2D eigenvalue weighted by molar-refractivity contribution is 0.102. The zero-order chi connectivity index (χ0) is 21.9. The van der Waals surface area contributed by atoms with E-state index in [1.807, 2.05) is 0 Å². The Balaban J connectivity index is 2.13. The lowest BCUT2D eigenvalue weighted by Gasteiger charge is -2.22. The van der Waals surface area contributed by atoms with E-state index in [1.54, 1.807) is 54.6 Å². The summed E-state index contributed by atoms with van der Waals surface area (Å²) in [6.07, 6.45) is 1.00. The molecule has 0 bridgehead atoms.